The maximum absolute atomic E-state index is 12.5. The third-order valence-corrected chi connectivity index (χ3v) is 4.59. The standard InChI is InChI=1S/C18H24N4O/c1-15-19-9-13-22(15)12-5-11-21-10-4-6-16(14-21)18(23)17-7-2-3-8-20-17/h2-3,7-9,13,16H,4-6,10-12,14H2,1H3. The van der Waals surface area contributed by atoms with E-state index in [9.17, 15) is 4.79 Å². The van der Waals surface area contributed by atoms with Crippen LogP contribution in [-0.4, -0.2) is 44.9 Å². The molecule has 5 nitrogen and oxygen atoms in total. The van der Waals surface area contributed by atoms with Crippen LogP contribution >= 0.6 is 0 Å². The van der Waals surface area contributed by atoms with Crippen LogP contribution in [0.1, 0.15) is 35.6 Å². The SMILES string of the molecule is Cc1nccn1CCCN1CCCC(C(=O)c2ccccn2)C1. The first-order chi connectivity index (χ1) is 11.2. The first-order valence-corrected chi connectivity index (χ1v) is 8.39. The van der Waals surface area contributed by atoms with Crippen molar-refractivity contribution in [1.29, 1.82) is 0 Å². The summed E-state index contributed by atoms with van der Waals surface area (Å²) >= 11 is 0. The summed E-state index contributed by atoms with van der Waals surface area (Å²) in [5, 5.41) is 0. The van der Waals surface area contributed by atoms with Crippen molar-refractivity contribution >= 4 is 5.78 Å². The molecule has 0 amide bonds. The fraction of sp³-hybridized carbons (Fsp3) is 0.500. The molecule has 1 atom stereocenters. The van der Waals surface area contributed by atoms with Gasteiger partial charge in [0.2, 0.25) is 0 Å². The monoisotopic (exact) mass is 312 g/mol. The molecule has 2 aromatic rings. The average Bonchev–Trinajstić information content (AvgIpc) is 3.00. The summed E-state index contributed by atoms with van der Waals surface area (Å²) in [6.07, 6.45) is 8.72. The van der Waals surface area contributed by atoms with Gasteiger partial charge in [0, 0.05) is 37.6 Å². The van der Waals surface area contributed by atoms with Gasteiger partial charge in [0.05, 0.1) is 0 Å². The summed E-state index contributed by atoms with van der Waals surface area (Å²) in [6, 6.07) is 5.55. The molecule has 1 aliphatic heterocycles. The van der Waals surface area contributed by atoms with Gasteiger partial charge in [-0.25, -0.2) is 4.98 Å². The third-order valence-electron chi connectivity index (χ3n) is 4.59. The number of pyridine rings is 1. The molecule has 2 aromatic heterocycles. The molecule has 0 spiro atoms. The number of hydrogen-bond acceptors (Lipinski definition) is 4. The summed E-state index contributed by atoms with van der Waals surface area (Å²) < 4.78 is 2.18. The normalized spacial score (nSPS) is 18.9. The van der Waals surface area contributed by atoms with Crippen molar-refractivity contribution in [2.45, 2.75) is 32.7 Å². The van der Waals surface area contributed by atoms with E-state index in [-0.39, 0.29) is 11.7 Å². The summed E-state index contributed by atoms with van der Waals surface area (Å²) in [6.45, 7) is 6.00. The maximum atomic E-state index is 12.5. The van der Waals surface area contributed by atoms with E-state index in [1.54, 1.807) is 6.20 Å². The number of likely N-dealkylation sites (tertiary alicyclic amines) is 1. The average molecular weight is 312 g/mol. The van der Waals surface area contributed by atoms with E-state index in [2.05, 4.69) is 19.4 Å². The highest BCUT2D eigenvalue weighted by molar-refractivity contribution is 5.96. The second kappa shape index (κ2) is 7.51. The number of Topliss-reactive ketones (excluding diaryl/α,β-unsaturated/α-hetero) is 1. The number of piperidine rings is 1. The van der Waals surface area contributed by atoms with Gasteiger partial charge < -0.3 is 9.47 Å². The van der Waals surface area contributed by atoms with Crippen molar-refractivity contribution in [2.24, 2.45) is 5.92 Å². The van der Waals surface area contributed by atoms with E-state index in [4.69, 9.17) is 0 Å². The molecule has 3 heterocycles. The molecule has 1 saturated heterocycles. The second-order valence-electron chi connectivity index (χ2n) is 6.24. The van der Waals surface area contributed by atoms with Crippen LogP contribution in [0.15, 0.2) is 36.8 Å². The van der Waals surface area contributed by atoms with E-state index in [1.807, 2.05) is 37.5 Å². The number of imidazole rings is 1. The Labute approximate surface area is 137 Å². The minimum Gasteiger partial charge on any atom is -0.335 e. The van der Waals surface area contributed by atoms with Gasteiger partial charge in [-0.1, -0.05) is 6.07 Å². The van der Waals surface area contributed by atoms with Gasteiger partial charge in [-0.05, 0) is 51.4 Å². The number of ketones is 1. The molecule has 122 valence electrons. The molecule has 0 aromatic carbocycles. The quantitative estimate of drug-likeness (QED) is 0.769. The van der Waals surface area contributed by atoms with E-state index in [1.165, 1.54) is 0 Å². The topological polar surface area (TPSA) is 51.0 Å². The summed E-state index contributed by atoms with van der Waals surface area (Å²) in [5.41, 5.74) is 0.605. The van der Waals surface area contributed by atoms with Gasteiger partial charge in [0.25, 0.3) is 0 Å². The first-order valence-electron chi connectivity index (χ1n) is 8.39. The highest BCUT2D eigenvalue weighted by Crippen LogP contribution is 2.20. The van der Waals surface area contributed by atoms with Gasteiger partial charge in [0.15, 0.2) is 5.78 Å². The van der Waals surface area contributed by atoms with Crippen LogP contribution in [0, 0.1) is 12.8 Å². The molecule has 1 aliphatic rings. The Bertz CT molecular complexity index is 637. The smallest absolute Gasteiger partial charge is 0.185 e. The van der Waals surface area contributed by atoms with Crippen LogP contribution in [-0.2, 0) is 6.54 Å². The van der Waals surface area contributed by atoms with Gasteiger partial charge in [0.1, 0.15) is 11.5 Å². The van der Waals surface area contributed by atoms with Crippen LogP contribution in [0.3, 0.4) is 0 Å². The molecule has 23 heavy (non-hydrogen) atoms. The van der Waals surface area contributed by atoms with Gasteiger partial charge >= 0.3 is 0 Å². The van der Waals surface area contributed by atoms with Crippen LogP contribution in [0.25, 0.3) is 0 Å². The predicted molar refractivity (Wildman–Crippen MR) is 89.3 cm³/mol. The van der Waals surface area contributed by atoms with E-state index >= 15 is 0 Å². The molecule has 5 heteroatoms. The van der Waals surface area contributed by atoms with E-state index in [0.29, 0.717) is 5.69 Å². The van der Waals surface area contributed by atoms with E-state index in [0.717, 1.165) is 51.3 Å². The Kier molecular flexibility index (Phi) is 5.18. The third kappa shape index (κ3) is 4.05. The van der Waals surface area contributed by atoms with E-state index < -0.39 is 0 Å². The Morgan fingerprint density at radius 2 is 2.17 bits per heavy atom. The highest BCUT2D eigenvalue weighted by Gasteiger charge is 2.26. The number of aryl methyl sites for hydroxylation is 2. The fourth-order valence-electron chi connectivity index (χ4n) is 3.29. The Morgan fingerprint density at radius 3 is 2.91 bits per heavy atom. The zero-order chi connectivity index (χ0) is 16.1. The van der Waals surface area contributed by atoms with Gasteiger partial charge in [-0.3, -0.25) is 9.78 Å². The van der Waals surface area contributed by atoms with Crippen molar-refractivity contribution in [3.63, 3.8) is 0 Å². The number of rotatable bonds is 6. The number of carbonyl (C=O) groups is 1. The number of nitrogens with zero attached hydrogens (tertiary/aromatic N) is 4. The predicted octanol–water partition coefficient (Wildman–Crippen LogP) is 2.57. The van der Waals surface area contributed by atoms with Crippen LogP contribution in [0.5, 0.6) is 0 Å². The van der Waals surface area contributed by atoms with Crippen molar-refractivity contribution in [1.82, 2.24) is 19.4 Å². The molecule has 0 saturated carbocycles. The molecule has 0 N–H and O–H groups in total. The van der Waals surface area contributed by atoms with Crippen LogP contribution in [0.2, 0.25) is 0 Å². The summed E-state index contributed by atoms with van der Waals surface area (Å²) in [5.74, 6) is 1.35. The lowest BCUT2D eigenvalue weighted by Crippen LogP contribution is -2.39. The zero-order valence-electron chi connectivity index (χ0n) is 13.7. The zero-order valence-corrected chi connectivity index (χ0v) is 13.7. The molecule has 0 aliphatic carbocycles. The molecular weight excluding hydrogens is 288 g/mol. The second-order valence-corrected chi connectivity index (χ2v) is 6.24. The molecule has 1 fully saturated rings. The lowest BCUT2D eigenvalue weighted by atomic mass is 9.92. The summed E-state index contributed by atoms with van der Waals surface area (Å²) in [4.78, 5) is 23.4. The van der Waals surface area contributed by atoms with Crippen molar-refractivity contribution in [2.75, 3.05) is 19.6 Å². The molecule has 0 radical (unpaired) electrons. The minimum atomic E-state index is 0.0913. The molecular formula is C18H24N4O. The Morgan fingerprint density at radius 1 is 1.26 bits per heavy atom. The Balaban J connectivity index is 1.50. The largest absolute Gasteiger partial charge is 0.335 e. The molecule has 0 bridgehead atoms. The highest BCUT2D eigenvalue weighted by atomic mass is 16.1. The lowest BCUT2D eigenvalue weighted by molar-refractivity contribution is 0.0812. The maximum Gasteiger partial charge on any atom is 0.185 e. The first kappa shape index (κ1) is 15.9. The molecule has 3 rings (SSSR count). The van der Waals surface area contributed by atoms with Crippen LogP contribution < -0.4 is 0 Å². The van der Waals surface area contributed by atoms with Crippen LogP contribution in [0.4, 0.5) is 0 Å². The van der Waals surface area contributed by atoms with Gasteiger partial charge in [-0.2, -0.15) is 0 Å². The van der Waals surface area contributed by atoms with Crippen molar-refractivity contribution in [3.05, 3.63) is 48.3 Å². The van der Waals surface area contributed by atoms with Gasteiger partial charge in [-0.15, -0.1) is 0 Å². The number of aromatic nitrogens is 3. The molecule has 1 unspecified atom stereocenters. The lowest BCUT2D eigenvalue weighted by Gasteiger charge is -2.31. The fourth-order valence-corrected chi connectivity index (χ4v) is 3.29. The minimum absolute atomic E-state index is 0.0913. The number of carbonyl (C=O) groups excluding carboxylic acids is 1. The van der Waals surface area contributed by atoms with Crippen molar-refractivity contribution in [3.8, 4) is 0 Å². The number of hydrogen-bond donors (Lipinski definition) is 0. The Hall–Kier alpha value is -2.01. The summed E-state index contributed by atoms with van der Waals surface area (Å²) in [7, 11) is 0. The van der Waals surface area contributed by atoms with Crippen molar-refractivity contribution < 1.29 is 4.79 Å².